The second-order valence-electron chi connectivity index (χ2n) is 8.70. The minimum Gasteiger partial charge on any atom is -0.497 e. The zero-order chi connectivity index (χ0) is 24.4. The van der Waals surface area contributed by atoms with Crippen molar-refractivity contribution < 1.29 is 9.13 Å². The number of rotatable bonds is 7. The fraction of sp³-hybridized carbons (Fsp3) is 0.360. The first-order chi connectivity index (χ1) is 17.1. The lowest BCUT2D eigenvalue weighted by molar-refractivity contribution is 0.108. The number of nitrogens with zero attached hydrogens (tertiary/aromatic N) is 6. The van der Waals surface area contributed by atoms with Crippen LogP contribution < -0.4 is 10.3 Å². The number of likely N-dealkylation sites (N-methyl/N-ethyl adjacent to an activating group) is 1. The van der Waals surface area contributed by atoms with E-state index in [1.807, 2.05) is 24.3 Å². The third kappa shape index (κ3) is 4.80. The summed E-state index contributed by atoms with van der Waals surface area (Å²) in [4.78, 5) is 21.0. The zero-order valence-electron chi connectivity index (χ0n) is 19.8. The molecular weight excluding hydrogens is 449 g/mol. The Morgan fingerprint density at radius 2 is 1.86 bits per heavy atom. The van der Waals surface area contributed by atoms with Crippen molar-refractivity contribution in [2.45, 2.75) is 19.5 Å². The van der Waals surface area contributed by atoms with Crippen molar-refractivity contribution in [2.24, 2.45) is 0 Å². The van der Waals surface area contributed by atoms with Crippen LogP contribution >= 0.6 is 0 Å². The minimum atomic E-state index is -0.441. The number of H-pyrrole nitrogens is 1. The molecule has 0 spiro atoms. The van der Waals surface area contributed by atoms with Gasteiger partial charge in [0.15, 0.2) is 5.82 Å². The lowest BCUT2D eigenvalue weighted by Crippen LogP contribution is -2.49. The normalized spacial score (nSPS) is 16.0. The van der Waals surface area contributed by atoms with Crippen LogP contribution in [0.3, 0.4) is 0 Å². The summed E-state index contributed by atoms with van der Waals surface area (Å²) >= 11 is 0. The quantitative estimate of drug-likeness (QED) is 0.437. The van der Waals surface area contributed by atoms with Gasteiger partial charge in [0.25, 0.3) is 5.56 Å². The summed E-state index contributed by atoms with van der Waals surface area (Å²) in [5.41, 5.74) is 2.00. The van der Waals surface area contributed by atoms with Gasteiger partial charge in [0, 0.05) is 42.6 Å². The lowest BCUT2D eigenvalue weighted by Gasteiger charge is -2.38. The monoisotopic (exact) mass is 477 g/mol. The van der Waals surface area contributed by atoms with E-state index in [2.05, 4.69) is 37.2 Å². The first-order valence-electron chi connectivity index (χ1n) is 11.7. The molecule has 1 saturated heterocycles. The molecule has 9 nitrogen and oxygen atoms in total. The molecule has 2 aromatic heterocycles. The van der Waals surface area contributed by atoms with Crippen molar-refractivity contribution in [3.8, 4) is 5.75 Å². The third-order valence-electron chi connectivity index (χ3n) is 6.64. The maximum absolute atomic E-state index is 13.4. The van der Waals surface area contributed by atoms with E-state index in [9.17, 15) is 9.18 Å². The molecule has 1 aliphatic heterocycles. The van der Waals surface area contributed by atoms with Crippen LogP contribution in [-0.2, 0) is 6.54 Å². The highest BCUT2D eigenvalue weighted by Crippen LogP contribution is 2.29. The molecule has 0 saturated carbocycles. The van der Waals surface area contributed by atoms with E-state index < -0.39 is 6.04 Å². The molecule has 2 aromatic carbocycles. The van der Waals surface area contributed by atoms with Gasteiger partial charge in [-0.2, -0.15) is 0 Å². The van der Waals surface area contributed by atoms with Crippen LogP contribution in [-0.4, -0.2) is 74.8 Å². The number of fused-ring (bicyclic) bond motifs is 1. The summed E-state index contributed by atoms with van der Waals surface area (Å²) in [6.45, 7) is 6.84. The molecule has 10 heteroatoms. The van der Waals surface area contributed by atoms with Gasteiger partial charge in [-0.15, -0.1) is 5.10 Å². The molecule has 4 aromatic rings. The molecule has 0 bridgehead atoms. The highest BCUT2D eigenvalue weighted by molar-refractivity contribution is 5.80. The number of aromatic amines is 1. The number of methoxy groups -OCH3 is 1. The smallest absolute Gasteiger partial charge is 0.253 e. The number of benzene rings is 2. The van der Waals surface area contributed by atoms with Gasteiger partial charge in [0.05, 0.1) is 13.7 Å². The van der Waals surface area contributed by atoms with Crippen LogP contribution in [0.4, 0.5) is 4.39 Å². The van der Waals surface area contributed by atoms with Gasteiger partial charge in [-0.05, 0) is 58.9 Å². The molecule has 0 radical (unpaired) electrons. The molecule has 35 heavy (non-hydrogen) atoms. The van der Waals surface area contributed by atoms with Gasteiger partial charge in [0.2, 0.25) is 0 Å². The van der Waals surface area contributed by atoms with Crippen LogP contribution in [0.2, 0.25) is 0 Å². The number of tetrazole rings is 1. The summed E-state index contributed by atoms with van der Waals surface area (Å²) in [6, 6.07) is 13.3. The molecular formula is C25H28FN7O2. The summed E-state index contributed by atoms with van der Waals surface area (Å²) in [5, 5.41) is 13.4. The summed E-state index contributed by atoms with van der Waals surface area (Å²) in [6.07, 6.45) is 0. The first-order valence-corrected chi connectivity index (χ1v) is 11.7. The average Bonchev–Trinajstić information content (AvgIpc) is 3.33. The van der Waals surface area contributed by atoms with Gasteiger partial charge in [-0.25, -0.2) is 9.07 Å². The molecule has 1 aliphatic rings. The Labute approximate surface area is 202 Å². The highest BCUT2D eigenvalue weighted by atomic mass is 19.1. The zero-order valence-corrected chi connectivity index (χ0v) is 19.8. The Morgan fingerprint density at radius 1 is 1.09 bits per heavy atom. The summed E-state index contributed by atoms with van der Waals surface area (Å²) in [7, 11) is 1.62. The van der Waals surface area contributed by atoms with Gasteiger partial charge < -0.3 is 14.6 Å². The number of hydrogen-bond acceptors (Lipinski definition) is 7. The van der Waals surface area contributed by atoms with Crippen molar-refractivity contribution in [3.63, 3.8) is 0 Å². The van der Waals surface area contributed by atoms with Gasteiger partial charge >= 0.3 is 0 Å². The highest BCUT2D eigenvalue weighted by Gasteiger charge is 2.32. The van der Waals surface area contributed by atoms with E-state index in [1.54, 1.807) is 23.9 Å². The number of piperazine rings is 1. The largest absolute Gasteiger partial charge is 0.497 e. The van der Waals surface area contributed by atoms with Crippen molar-refractivity contribution >= 4 is 10.9 Å². The molecule has 0 unspecified atom stereocenters. The lowest BCUT2D eigenvalue weighted by atomic mass is 10.0. The maximum atomic E-state index is 13.4. The van der Waals surface area contributed by atoms with Crippen LogP contribution in [0.5, 0.6) is 5.75 Å². The van der Waals surface area contributed by atoms with Gasteiger partial charge in [-0.3, -0.25) is 9.69 Å². The second-order valence-corrected chi connectivity index (χ2v) is 8.70. The molecule has 1 atom stereocenters. The number of pyridine rings is 1. The molecule has 3 heterocycles. The molecule has 0 amide bonds. The van der Waals surface area contributed by atoms with Crippen molar-refractivity contribution in [2.75, 3.05) is 39.8 Å². The Kier molecular flexibility index (Phi) is 6.56. The molecule has 1 fully saturated rings. The maximum Gasteiger partial charge on any atom is 0.253 e. The van der Waals surface area contributed by atoms with Crippen LogP contribution in [0.15, 0.2) is 53.3 Å². The number of aromatic nitrogens is 5. The number of ether oxygens (including phenoxy) is 1. The standard InChI is InChI=1S/C25H28FN7O2/c1-3-31-10-12-32(13-11-31)23(21-15-18-14-20(35-2)8-9-22(18)27-25(21)34)24-28-29-30-33(24)16-17-4-6-19(26)7-5-17/h4-9,14-15,23H,3,10-13,16H2,1-2H3,(H,27,34)/t23-/m0/s1. The van der Waals surface area contributed by atoms with Gasteiger partial charge in [0.1, 0.15) is 17.6 Å². The van der Waals surface area contributed by atoms with Crippen LogP contribution in [0, 0.1) is 5.82 Å². The molecule has 0 aliphatic carbocycles. The van der Waals surface area contributed by atoms with Crippen LogP contribution in [0.1, 0.15) is 29.9 Å². The second kappa shape index (κ2) is 9.93. The van der Waals surface area contributed by atoms with Crippen molar-refractivity contribution in [1.82, 2.24) is 35.0 Å². The molecule has 1 N–H and O–H groups in total. The Balaban J connectivity index is 1.59. The fourth-order valence-electron chi connectivity index (χ4n) is 4.65. The minimum absolute atomic E-state index is 0.179. The number of nitrogens with one attached hydrogen (secondary N) is 1. The summed E-state index contributed by atoms with van der Waals surface area (Å²) < 4.78 is 20.5. The van der Waals surface area contributed by atoms with E-state index in [-0.39, 0.29) is 11.4 Å². The SMILES string of the molecule is CCN1CCN([C@@H](c2cc3cc(OC)ccc3[nH]c2=O)c2nnnn2Cc2ccc(F)cc2)CC1. The van der Waals surface area contributed by atoms with E-state index in [0.29, 0.717) is 23.7 Å². The predicted octanol–water partition coefficient (Wildman–Crippen LogP) is 2.44. The van der Waals surface area contributed by atoms with E-state index >= 15 is 0 Å². The third-order valence-corrected chi connectivity index (χ3v) is 6.64. The Hall–Kier alpha value is -3.63. The summed E-state index contributed by atoms with van der Waals surface area (Å²) in [5.74, 6) is 0.993. The Morgan fingerprint density at radius 3 is 2.57 bits per heavy atom. The topological polar surface area (TPSA) is 92.2 Å². The fourth-order valence-corrected chi connectivity index (χ4v) is 4.65. The van der Waals surface area contributed by atoms with E-state index in [1.165, 1.54) is 12.1 Å². The Bertz CT molecular complexity index is 1360. The number of hydrogen-bond donors (Lipinski definition) is 1. The first kappa shape index (κ1) is 23.1. The van der Waals surface area contributed by atoms with E-state index in [4.69, 9.17) is 4.74 Å². The predicted molar refractivity (Wildman–Crippen MR) is 130 cm³/mol. The number of halogens is 1. The average molecular weight is 478 g/mol. The van der Waals surface area contributed by atoms with Crippen molar-refractivity contribution in [3.05, 3.63) is 81.7 Å². The molecule has 182 valence electrons. The molecule has 5 rings (SSSR count). The van der Waals surface area contributed by atoms with Crippen molar-refractivity contribution in [1.29, 1.82) is 0 Å². The van der Waals surface area contributed by atoms with Gasteiger partial charge in [-0.1, -0.05) is 19.1 Å². The van der Waals surface area contributed by atoms with E-state index in [0.717, 1.165) is 49.2 Å². The van der Waals surface area contributed by atoms with Crippen LogP contribution in [0.25, 0.3) is 10.9 Å².